The van der Waals surface area contributed by atoms with Crippen molar-refractivity contribution < 1.29 is 9.59 Å². The second kappa shape index (κ2) is 6.25. The predicted octanol–water partition coefficient (Wildman–Crippen LogP) is 1.90. The first kappa shape index (κ1) is 13.5. The Kier molecular flexibility index (Phi) is 4.97. The van der Waals surface area contributed by atoms with E-state index in [1.807, 2.05) is 31.2 Å². The van der Waals surface area contributed by atoms with Crippen molar-refractivity contribution >= 4 is 23.5 Å². The van der Waals surface area contributed by atoms with Gasteiger partial charge in [-0.2, -0.15) is 0 Å². The van der Waals surface area contributed by atoms with Crippen LogP contribution in [0.25, 0.3) is 0 Å². The Balaban J connectivity index is 2.60. The molecule has 0 unspecified atom stereocenters. The van der Waals surface area contributed by atoms with Crippen LogP contribution in [-0.2, 0) is 11.3 Å². The number of alkyl halides is 1. The van der Waals surface area contributed by atoms with Gasteiger partial charge in [0.05, 0.1) is 0 Å². The molecule has 5 heteroatoms. The molecule has 0 aliphatic carbocycles. The number of imide groups is 1. The minimum Gasteiger partial charge on any atom is -0.323 e. The molecule has 3 amide bonds. The van der Waals surface area contributed by atoms with Crippen LogP contribution < -0.4 is 5.32 Å². The van der Waals surface area contributed by atoms with Crippen LogP contribution in [0.4, 0.5) is 4.79 Å². The molecular weight excluding hydrogens is 240 g/mol. The number of carbonyl (C=O) groups excluding carboxylic acids is 2. The number of hydrogen-bond acceptors (Lipinski definition) is 2. The van der Waals surface area contributed by atoms with E-state index >= 15 is 0 Å². The Hall–Kier alpha value is -1.55. The third-order valence-electron chi connectivity index (χ3n) is 2.38. The van der Waals surface area contributed by atoms with E-state index in [9.17, 15) is 9.59 Å². The maximum atomic E-state index is 11.6. The van der Waals surface area contributed by atoms with Crippen molar-refractivity contribution in [1.29, 1.82) is 0 Å². The third kappa shape index (κ3) is 4.07. The van der Waals surface area contributed by atoms with Crippen LogP contribution in [0.2, 0.25) is 0 Å². The van der Waals surface area contributed by atoms with Gasteiger partial charge in [0.1, 0.15) is 5.88 Å². The van der Waals surface area contributed by atoms with Crippen LogP contribution in [0.3, 0.4) is 0 Å². The Bertz CT molecular complexity index is 421. The van der Waals surface area contributed by atoms with Crippen molar-refractivity contribution in [2.24, 2.45) is 0 Å². The summed E-state index contributed by atoms with van der Waals surface area (Å²) in [6, 6.07) is 7.33. The number of aryl methyl sites for hydroxylation is 1. The molecule has 0 radical (unpaired) electrons. The Morgan fingerprint density at radius 2 is 2.00 bits per heavy atom. The average molecular weight is 255 g/mol. The number of amides is 3. The van der Waals surface area contributed by atoms with Gasteiger partial charge in [0.25, 0.3) is 0 Å². The van der Waals surface area contributed by atoms with Gasteiger partial charge in [-0.05, 0) is 18.1 Å². The number of urea groups is 1. The van der Waals surface area contributed by atoms with Crippen molar-refractivity contribution in [2.45, 2.75) is 13.5 Å². The fraction of sp³-hybridized carbons (Fsp3) is 0.333. The Morgan fingerprint density at radius 1 is 1.35 bits per heavy atom. The van der Waals surface area contributed by atoms with Gasteiger partial charge in [-0.3, -0.25) is 10.1 Å². The normalized spacial score (nSPS) is 9.82. The van der Waals surface area contributed by atoms with E-state index in [1.165, 1.54) is 4.90 Å². The molecule has 0 fully saturated rings. The lowest BCUT2D eigenvalue weighted by atomic mass is 10.1. The number of benzene rings is 1. The number of rotatable bonds is 3. The summed E-state index contributed by atoms with van der Waals surface area (Å²) in [5.41, 5.74) is 2.15. The number of hydrogen-bond donors (Lipinski definition) is 1. The minimum atomic E-state index is -0.492. The van der Waals surface area contributed by atoms with Crippen LogP contribution in [0.15, 0.2) is 24.3 Å². The van der Waals surface area contributed by atoms with Gasteiger partial charge in [-0.15, -0.1) is 11.6 Å². The molecule has 0 bridgehead atoms. The van der Waals surface area contributed by atoms with Crippen LogP contribution in [0, 0.1) is 6.92 Å². The molecule has 1 aromatic rings. The molecule has 1 rings (SSSR count). The molecule has 0 atom stereocenters. The van der Waals surface area contributed by atoms with Crippen molar-refractivity contribution in [2.75, 3.05) is 12.9 Å². The maximum Gasteiger partial charge on any atom is 0.324 e. The molecule has 0 spiro atoms. The highest BCUT2D eigenvalue weighted by atomic mass is 35.5. The van der Waals surface area contributed by atoms with Crippen molar-refractivity contribution in [3.8, 4) is 0 Å². The quantitative estimate of drug-likeness (QED) is 0.838. The van der Waals surface area contributed by atoms with E-state index in [0.29, 0.717) is 6.54 Å². The summed E-state index contributed by atoms with van der Waals surface area (Å²) in [4.78, 5) is 24.0. The van der Waals surface area contributed by atoms with Crippen molar-refractivity contribution in [1.82, 2.24) is 10.2 Å². The summed E-state index contributed by atoms with van der Waals surface area (Å²) in [5, 5.41) is 2.19. The molecule has 92 valence electrons. The molecular formula is C12H15ClN2O2. The van der Waals surface area contributed by atoms with E-state index in [-0.39, 0.29) is 5.88 Å². The molecule has 4 nitrogen and oxygen atoms in total. The Morgan fingerprint density at radius 3 is 2.59 bits per heavy atom. The van der Waals surface area contributed by atoms with E-state index < -0.39 is 11.9 Å². The van der Waals surface area contributed by atoms with Gasteiger partial charge in [0.2, 0.25) is 5.91 Å². The first-order chi connectivity index (χ1) is 8.04. The van der Waals surface area contributed by atoms with E-state index in [1.54, 1.807) is 7.05 Å². The molecule has 0 aliphatic heterocycles. The van der Waals surface area contributed by atoms with E-state index in [2.05, 4.69) is 5.32 Å². The maximum absolute atomic E-state index is 11.6. The molecule has 1 N–H and O–H groups in total. The molecule has 0 heterocycles. The zero-order chi connectivity index (χ0) is 12.8. The highest BCUT2D eigenvalue weighted by molar-refractivity contribution is 6.28. The summed E-state index contributed by atoms with van der Waals surface area (Å²) >= 11 is 5.30. The van der Waals surface area contributed by atoms with Gasteiger partial charge in [-0.25, -0.2) is 4.79 Å². The largest absolute Gasteiger partial charge is 0.324 e. The zero-order valence-corrected chi connectivity index (χ0v) is 10.6. The molecule has 0 saturated heterocycles. The van der Waals surface area contributed by atoms with Gasteiger partial charge >= 0.3 is 6.03 Å². The lowest BCUT2D eigenvalue weighted by Gasteiger charge is -2.18. The topological polar surface area (TPSA) is 49.4 Å². The lowest BCUT2D eigenvalue weighted by Crippen LogP contribution is -2.40. The second-order valence-electron chi connectivity index (χ2n) is 3.77. The van der Waals surface area contributed by atoms with Gasteiger partial charge in [-0.1, -0.05) is 24.3 Å². The summed E-state index contributed by atoms with van der Waals surface area (Å²) in [7, 11) is 1.63. The van der Waals surface area contributed by atoms with Crippen LogP contribution in [0.5, 0.6) is 0 Å². The van der Waals surface area contributed by atoms with Gasteiger partial charge in [0, 0.05) is 13.6 Å². The molecule has 1 aromatic carbocycles. The molecule has 17 heavy (non-hydrogen) atoms. The highest BCUT2D eigenvalue weighted by Gasteiger charge is 2.12. The fourth-order valence-electron chi connectivity index (χ4n) is 1.36. The standard InChI is InChI=1S/C12H15ClN2O2/c1-9-5-3-4-6-10(9)8-15(2)12(17)14-11(16)7-13/h3-6H,7-8H2,1-2H3,(H,14,16,17). The smallest absolute Gasteiger partial charge is 0.323 e. The third-order valence-corrected chi connectivity index (χ3v) is 2.63. The minimum absolute atomic E-state index is 0.218. The van der Waals surface area contributed by atoms with E-state index in [4.69, 9.17) is 11.6 Å². The van der Waals surface area contributed by atoms with Crippen molar-refractivity contribution in [3.05, 3.63) is 35.4 Å². The SMILES string of the molecule is Cc1ccccc1CN(C)C(=O)NC(=O)CCl. The zero-order valence-electron chi connectivity index (χ0n) is 9.87. The van der Waals surface area contributed by atoms with Crippen LogP contribution in [0.1, 0.15) is 11.1 Å². The molecule has 0 saturated carbocycles. The summed E-state index contributed by atoms with van der Waals surface area (Å²) in [6.45, 7) is 2.43. The number of nitrogens with zero attached hydrogens (tertiary/aromatic N) is 1. The van der Waals surface area contributed by atoms with Crippen LogP contribution in [-0.4, -0.2) is 29.8 Å². The summed E-state index contributed by atoms with van der Waals surface area (Å²) in [5.74, 6) is -0.711. The highest BCUT2D eigenvalue weighted by Crippen LogP contribution is 2.09. The molecule has 0 aromatic heterocycles. The first-order valence-electron chi connectivity index (χ1n) is 5.20. The predicted molar refractivity (Wildman–Crippen MR) is 66.9 cm³/mol. The monoisotopic (exact) mass is 254 g/mol. The van der Waals surface area contributed by atoms with Crippen LogP contribution >= 0.6 is 11.6 Å². The van der Waals surface area contributed by atoms with Gasteiger partial charge < -0.3 is 4.90 Å². The molecule has 0 aliphatic rings. The number of nitrogens with one attached hydrogen (secondary N) is 1. The van der Waals surface area contributed by atoms with Gasteiger partial charge in [0.15, 0.2) is 0 Å². The Labute approximate surface area is 106 Å². The average Bonchev–Trinajstić information content (AvgIpc) is 2.31. The summed E-state index contributed by atoms with van der Waals surface area (Å²) < 4.78 is 0. The second-order valence-corrected chi connectivity index (χ2v) is 4.04. The van der Waals surface area contributed by atoms with E-state index in [0.717, 1.165) is 11.1 Å². The number of carbonyl (C=O) groups is 2. The fourth-order valence-corrected chi connectivity index (χ4v) is 1.43. The summed E-state index contributed by atoms with van der Waals surface area (Å²) in [6.07, 6.45) is 0. The number of halogens is 1. The lowest BCUT2D eigenvalue weighted by molar-refractivity contribution is -0.117. The van der Waals surface area contributed by atoms with Crippen molar-refractivity contribution in [3.63, 3.8) is 0 Å². The first-order valence-corrected chi connectivity index (χ1v) is 5.73.